The summed E-state index contributed by atoms with van der Waals surface area (Å²) in [6.45, 7) is -3.01. The van der Waals surface area contributed by atoms with Gasteiger partial charge in [-0.2, -0.15) is 8.78 Å². The molecule has 0 aliphatic heterocycles. The van der Waals surface area contributed by atoms with Gasteiger partial charge < -0.3 is 19.5 Å². The van der Waals surface area contributed by atoms with Gasteiger partial charge in [0.15, 0.2) is 6.61 Å². The van der Waals surface area contributed by atoms with Gasteiger partial charge in [0.2, 0.25) is 0 Å². The molecule has 0 heterocycles. The molecule has 0 aromatic heterocycles. The number of hydrogen-bond acceptors (Lipinski definition) is 5. The first kappa shape index (κ1) is 20.2. The summed E-state index contributed by atoms with van der Waals surface area (Å²) in [6.07, 6.45) is -0.0826. The molecular formula is C19H19F2NO5. The molecule has 2 rings (SSSR count). The highest BCUT2D eigenvalue weighted by Gasteiger charge is 2.10. The third kappa shape index (κ3) is 7.31. The summed E-state index contributed by atoms with van der Waals surface area (Å²) in [5.41, 5.74) is 1.43. The van der Waals surface area contributed by atoms with Crippen molar-refractivity contribution in [3.8, 4) is 11.5 Å². The molecule has 0 fully saturated rings. The lowest BCUT2D eigenvalue weighted by atomic mass is 10.1. The van der Waals surface area contributed by atoms with E-state index >= 15 is 0 Å². The maximum Gasteiger partial charge on any atom is 0.387 e. The van der Waals surface area contributed by atoms with Crippen molar-refractivity contribution in [3.63, 3.8) is 0 Å². The summed E-state index contributed by atoms with van der Waals surface area (Å²) in [7, 11) is 1.57. The highest BCUT2D eigenvalue weighted by molar-refractivity contribution is 5.81. The molecule has 144 valence electrons. The number of benzene rings is 2. The SMILES string of the molecule is COc1ccc(CNC(=O)COC(=O)Cc2ccc(OC(F)F)cc2)cc1. The molecule has 0 unspecified atom stereocenters. The van der Waals surface area contributed by atoms with Gasteiger partial charge in [0.25, 0.3) is 5.91 Å². The zero-order chi connectivity index (χ0) is 19.6. The number of rotatable bonds is 9. The lowest BCUT2D eigenvalue weighted by Gasteiger charge is -2.08. The molecule has 0 saturated heterocycles. The van der Waals surface area contributed by atoms with Crippen LogP contribution in [0.5, 0.6) is 11.5 Å². The van der Waals surface area contributed by atoms with E-state index in [0.29, 0.717) is 17.9 Å². The number of ether oxygens (including phenoxy) is 3. The Kier molecular flexibility index (Phi) is 7.54. The van der Waals surface area contributed by atoms with E-state index in [0.717, 1.165) is 5.56 Å². The predicted molar refractivity (Wildman–Crippen MR) is 92.6 cm³/mol. The van der Waals surface area contributed by atoms with Gasteiger partial charge in [-0.05, 0) is 35.4 Å². The van der Waals surface area contributed by atoms with E-state index in [4.69, 9.17) is 9.47 Å². The Labute approximate surface area is 155 Å². The van der Waals surface area contributed by atoms with Crippen LogP contribution in [0.3, 0.4) is 0 Å². The van der Waals surface area contributed by atoms with Crippen LogP contribution in [0.4, 0.5) is 8.78 Å². The number of nitrogens with one attached hydrogen (secondary N) is 1. The third-order valence-electron chi connectivity index (χ3n) is 3.51. The molecule has 0 bridgehead atoms. The normalized spacial score (nSPS) is 10.4. The molecule has 1 amide bonds. The van der Waals surface area contributed by atoms with E-state index in [2.05, 4.69) is 10.1 Å². The Morgan fingerprint density at radius 2 is 1.56 bits per heavy atom. The lowest BCUT2D eigenvalue weighted by molar-refractivity contribution is -0.147. The van der Waals surface area contributed by atoms with Crippen LogP contribution in [-0.2, 0) is 27.3 Å². The summed E-state index contributed by atoms with van der Waals surface area (Å²) < 4.78 is 38.3. The maximum atomic E-state index is 12.1. The molecule has 8 heteroatoms. The van der Waals surface area contributed by atoms with Crippen LogP contribution in [0, 0.1) is 0 Å². The van der Waals surface area contributed by atoms with E-state index in [1.807, 2.05) is 12.1 Å². The fraction of sp³-hybridized carbons (Fsp3) is 0.263. The zero-order valence-corrected chi connectivity index (χ0v) is 14.6. The molecule has 2 aromatic carbocycles. The zero-order valence-electron chi connectivity index (χ0n) is 14.6. The van der Waals surface area contributed by atoms with E-state index in [1.165, 1.54) is 24.3 Å². The number of methoxy groups -OCH3 is 1. The van der Waals surface area contributed by atoms with Gasteiger partial charge >= 0.3 is 12.6 Å². The summed E-state index contributed by atoms with van der Waals surface area (Å²) >= 11 is 0. The second-order valence-electron chi connectivity index (χ2n) is 5.48. The number of halogens is 2. The lowest BCUT2D eigenvalue weighted by Crippen LogP contribution is -2.28. The number of amides is 1. The van der Waals surface area contributed by atoms with Crippen molar-refractivity contribution in [2.75, 3.05) is 13.7 Å². The van der Waals surface area contributed by atoms with Crippen molar-refractivity contribution < 1.29 is 32.6 Å². The van der Waals surface area contributed by atoms with Gasteiger partial charge in [0.1, 0.15) is 11.5 Å². The fourth-order valence-electron chi connectivity index (χ4n) is 2.15. The molecule has 6 nitrogen and oxygen atoms in total. The average Bonchev–Trinajstić information content (AvgIpc) is 2.66. The first-order valence-corrected chi connectivity index (χ1v) is 8.05. The third-order valence-corrected chi connectivity index (χ3v) is 3.51. The van der Waals surface area contributed by atoms with E-state index in [1.54, 1.807) is 19.2 Å². The van der Waals surface area contributed by atoms with Crippen LogP contribution in [0.2, 0.25) is 0 Å². The van der Waals surface area contributed by atoms with Crippen LogP contribution < -0.4 is 14.8 Å². The van der Waals surface area contributed by atoms with Crippen LogP contribution in [0.1, 0.15) is 11.1 Å². The van der Waals surface area contributed by atoms with E-state index < -0.39 is 25.1 Å². The van der Waals surface area contributed by atoms with Crippen LogP contribution in [0.25, 0.3) is 0 Å². The molecule has 0 saturated carbocycles. The van der Waals surface area contributed by atoms with Crippen LogP contribution >= 0.6 is 0 Å². The average molecular weight is 379 g/mol. The molecule has 0 radical (unpaired) electrons. The Morgan fingerprint density at radius 1 is 0.963 bits per heavy atom. The number of carbonyl (C=O) groups excluding carboxylic acids is 2. The highest BCUT2D eigenvalue weighted by Crippen LogP contribution is 2.15. The van der Waals surface area contributed by atoms with Crippen molar-refractivity contribution in [1.29, 1.82) is 0 Å². The van der Waals surface area contributed by atoms with E-state index in [-0.39, 0.29) is 12.2 Å². The largest absolute Gasteiger partial charge is 0.497 e. The van der Waals surface area contributed by atoms with Gasteiger partial charge in [-0.3, -0.25) is 9.59 Å². The van der Waals surface area contributed by atoms with Gasteiger partial charge in [-0.1, -0.05) is 24.3 Å². The van der Waals surface area contributed by atoms with Gasteiger partial charge in [-0.15, -0.1) is 0 Å². The van der Waals surface area contributed by atoms with Crippen LogP contribution in [0.15, 0.2) is 48.5 Å². The van der Waals surface area contributed by atoms with Gasteiger partial charge in [0.05, 0.1) is 13.5 Å². The highest BCUT2D eigenvalue weighted by atomic mass is 19.3. The Hall–Kier alpha value is -3.16. The second kappa shape index (κ2) is 10.1. The molecule has 0 spiro atoms. The Balaban J connectivity index is 1.70. The smallest absolute Gasteiger partial charge is 0.387 e. The van der Waals surface area contributed by atoms with Crippen molar-refractivity contribution in [3.05, 3.63) is 59.7 Å². The minimum atomic E-state index is -2.91. The number of hydrogen-bond donors (Lipinski definition) is 1. The quantitative estimate of drug-likeness (QED) is 0.678. The van der Waals surface area contributed by atoms with Crippen molar-refractivity contribution >= 4 is 11.9 Å². The Morgan fingerprint density at radius 3 is 2.15 bits per heavy atom. The first-order chi connectivity index (χ1) is 13.0. The van der Waals surface area contributed by atoms with Gasteiger partial charge in [0, 0.05) is 6.54 Å². The second-order valence-corrected chi connectivity index (χ2v) is 5.48. The maximum absolute atomic E-state index is 12.1. The van der Waals surface area contributed by atoms with Gasteiger partial charge in [-0.25, -0.2) is 0 Å². The fourth-order valence-corrected chi connectivity index (χ4v) is 2.15. The van der Waals surface area contributed by atoms with Crippen LogP contribution in [-0.4, -0.2) is 32.2 Å². The van der Waals surface area contributed by atoms with E-state index in [9.17, 15) is 18.4 Å². The standard InChI is InChI=1S/C19H19F2NO5/c1-25-15-6-4-14(5-7-15)11-22-17(23)12-26-18(24)10-13-2-8-16(9-3-13)27-19(20)21/h2-9,19H,10-12H2,1H3,(H,22,23). The molecule has 1 N–H and O–H groups in total. The summed E-state index contributed by atoms with van der Waals surface area (Å²) in [5, 5.41) is 2.64. The number of alkyl halides is 2. The molecular weight excluding hydrogens is 360 g/mol. The first-order valence-electron chi connectivity index (χ1n) is 8.05. The van der Waals surface area contributed by atoms with Crippen molar-refractivity contribution in [2.24, 2.45) is 0 Å². The monoisotopic (exact) mass is 379 g/mol. The molecule has 0 atom stereocenters. The molecule has 0 aliphatic carbocycles. The number of esters is 1. The minimum Gasteiger partial charge on any atom is -0.497 e. The topological polar surface area (TPSA) is 73.9 Å². The Bertz CT molecular complexity index is 748. The summed E-state index contributed by atoms with van der Waals surface area (Å²) in [4.78, 5) is 23.5. The predicted octanol–water partition coefficient (Wildman–Crippen LogP) is 2.70. The molecule has 2 aromatic rings. The summed E-state index contributed by atoms with van der Waals surface area (Å²) in [5.74, 6) is -0.315. The molecule has 0 aliphatic rings. The summed E-state index contributed by atoms with van der Waals surface area (Å²) in [6, 6.07) is 12.8. The van der Waals surface area contributed by atoms with Crippen molar-refractivity contribution in [2.45, 2.75) is 19.6 Å². The number of carbonyl (C=O) groups is 2. The van der Waals surface area contributed by atoms with Crippen molar-refractivity contribution in [1.82, 2.24) is 5.32 Å². The minimum absolute atomic E-state index is 0.0000250. The molecule has 27 heavy (non-hydrogen) atoms.